The second-order valence-corrected chi connectivity index (χ2v) is 4.36. The molecular weight excluding hydrogens is 216 g/mol. The number of nitrogens with two attached hydrogens (primary N) is 1. The maximum atomic E-state index is 8.81. The van der Waals surface area contributed by atoms with Crippen LogP contribution >= 0.6 is 0 Å². The number of nitrogens with zero attached hydrogens (tertiary/aromatic N) is 1. The van der Waals surface area contributed by atoms with Gasteiger partial charge in [0.1, 0.15) is 0 Å². The fourth-order valence-electron chi connectivity index (χ4n) is 1.70. The van der Waals surface area contributed by atoms with Crippen molar-refractivity contribution in [2.45, 2.75) is 13.3 Å². The van der Waals surface area contributed by atoms with E-state index in [1.54, 1.807) is 0 Å². The number of aliphatic hydroxyl groups excluding tert-OH is 1. The maximum Gasteiger partial charge on any atom is 0.201 e. The lowest BCUT2D eigenvalue weighted by Gasteiger charge is -2.09. The number of benzene rings is 1. The average molecular weight is 234 g/mol. The second kappa shape index (κ2) is 5.05. The number of rotatable bonds is 5. The van der Waals surface area contributed by atoms with Crippen LogP contribution in [-0.2, 0) is 0 Å². The molecule has 0 radical (unpaired) electrons. The van der Waals surface area contributed by atoms with Gasteiger partial charge < -0.3 is 21.1 Å². The predicted molar refractivity (Wildman–Crippen MR) is 69.9 cm³/mol. The van der Waals surface area contributed by atoms with Gasteiger partial charge in [-0.15, -0.1) is 0 Å². The fraction of sp³-hybridized carbons (Fsp3) is 0.417. The van der Waals surface area contributed by atoms with Gasteiger partial charge in [0.15, 0.2) is 0 Å². The highest BCUT2D eigenvalue weighted by molar-refractivity contribution is 5.80. The smallest absolute Gasteiger partial charge is 0.201 e. The van der Waals surface area contributed by atoms with E-state index in [4.69, 9.17) is 10.8 Å². The van der Waals surface area contributed by atoms with E-state index in [0.717, 1.165) is 35.6 Å². The second-order valence-electron chi connectivity index (χ2n) is 4.36. The first kappa shape index (κ1) is 11.7. The molecule has 0 amide bonds. The molecule has 0 aliphatic carbocycles. The zero-order valence-corrected chi connectivity index (χ0v) is 9.90. The molecule has 0 bridgehead atoms. The average Bonchev–Trinajstić information content (AvgIpc) is 2.68. The summed E-state index contributed by atoms with van der Waals surface area (Å²) in [6.07, 6.45) is 0.792. The first-order valence-corrected chi connectivity index (χ1v) is 5.79. The van der Waals surface area contributed by atoms with Crippen molar-refractivity contribution in [1.82, 2.24) is 9.97 Å². The van der Waals surface area contributed by atoms with Crippen LogP contribution in [0.5, 0.6) is 0 Å². The van der Waals surface area contributed by atoms with E-state index in [1.165, 1.54) is 0 Å². The number of nitrogens with one attached hydrogen (secondary N) is 2. The van der Waals surface area contributed by atoms with Crippen molar-refractivity contribution in [3.63, 3.8) is 0 Å². The quantitative estimate of drug-likeness (QED) is 0.591. The molecule has 1 aromatic heterocycles. The third-order valence-electron chi connectivity index (χ3n) is 2.75. The molecule has 5 N–H and O–H groups in total. The van der Waals surface area contributed by atoms with Gasteiger partial charge in [-0.05, 0) is 30.5 Å². The summed E-state index contributed by atoms with van der Waals surface area (Å²) < 4.78 is 0. The topological polar surface area (TPSA) is 87.0 Å². The summed E-state index contributed by atoms with van der Waals surface area (Å²) in [5.41, 5.74) is 8.25. The van der Waals surface area contributed by atoms with Crippen molar-refractivity contribution >= 4 is 22.7 Å². The van der Waals surface area contributed by atoms with Gasteiger partial charge in [0.05, 0.1) is 11.0 Å². The van der Waals surface area contributed by atoms with E-state index in [1.807, 2.05) is 18.2 Å². The van der Waals surface area contributed by atoms with Gasteiger partial charge in [-0.2, -0.15) is 0 Å². The van der Waals surface area contributed by atoms with Gasteiger partial charge in [-0.25, -0.2) is 4.98 Å². The van der Waals surface area contributed by atoms with Crippen LogP contribution < -0.4 is 11.1 Å². The number of aromatic amines is 1. The molecule has 0 spiro atoms. The molecule has 17 heavy (non-hydrogen) atoms. The third kappa shape index (κ3) is 2.88. The van der Waals surface area contributed by atoms with E-state index in [0.29, 0.717) is 5.92 Å². The number of H-pyrrole nitrogens is 1. The molecule has 5 nitrogen and oxygen atoms in total. The predicted octanol–water partition coefficient (Wildman–Crippen LogP) is 1.58. The standard InChI is InChI=1S/C12H18N4O/c1-8(4-5-17)7-14-12-15-10-3-2-9(13)6-11(10)16-12/h2-3,6,8,17H,4-5,7,13H2,1H3,(H2,14,15,16). The molecule has 92 valence electrons. The number of aliphatic hydroxyl groups is 1. The zero-order valence-electron chi connectivity index (χ0n) is 9.90. The Morgan fingerprint density at radius 1 is 1.53 bits per heavy atom. The normalized spacial score (nSPS) is 12.8. The number of anilines is 2. The Labute approximate surface area is 100 Å². The van der Waals surface area contributed by atoms with Crippen molar-refractivity contribution < 1.29 is 5.11 Å². The summed E-state index contributed by atoms with van der Waals surface area (Å²) in [7, 11) is 0. The monoisotopic (exact) mass is 234 g/mol. The molecule has 2 aromatic rings. The summed E-state index contributed by atoms with van der Waals surface area (Å²) in [6.45, 7) is 3.10. The molecule has 1 aromatic carbocycles. The minimum absolute atomic E-state index is 0.222. The Kier molecular flexibility index (Phi) is 3.49. The van der Waals surface area contributed by atoms with Crippen molar-refractivity contribution in [2.75, 3.05) is 24.2 Å². The van der Waals surface area contributed by atoms with E-state index in [-0.39, 0.29) is 6.61 Å². The summed E-state index contributed by atoms with van der Waals surface area (Å²) in [4.78, 5) is 7.57. The lowest BCUT2D eigenvalue weighted by atomic mass is 10.1. The number of imidazole rings is 1. The molecule has 0 saturated carbocycles. The van der Waals surface area contributed by atoms with Crippen molar-refractivity contribution in [3.8, 4) is 0 Å². The van der Waals surface area contributed by atoms with Crippen molar-refractivity contribution in [2.24, 2.45) is 5.92 Å². The van der Waals surface area contributed by atoms with Crippen LogP contribution in [0.15, 0.2) is 18.2 Å². The van der Waals surface area contributed by atoms with Crippen molar-refractivity contribution in [3.05, 3.63) is 18.2 Å². The van der Waals surface area contributed by atoms with Crippen LogP contribution in [-0.4, -0.2) is 28.2 Å². The summed E-state index contributed by atoms with van der Waals surface area (Å²) in [6, 6.07) is 5.59. The Bertz CT molecular complexity index is 494. The molecule has 0 fully saturated rings. The number of hydrogen-bond acceptors (Lipinski definition) is 4. The molecule has 0 aliphatic heterocycles. The summed E-state index contributed by atoms with van der Waals surface area (Å²) >= 11 is 0. The largest absolute Gasteiger partial charge is 0.399 e. The van der Waals surface area contributed by atoms with E-state index < -0.39 is 0 Å². The lowest BCUT2D eigenvalue weighted by Crippen LogP contribution is -2.13. The van der Waals surface area contributed by atoms with Crippen LogP contribution in [0.25, 0.3) is 11.0 Å². The lowest BCUT2D eigenvalue weighted by molar-refractivity contribution is 0.265. The van der Waals surface area contributed by atoms with Crippen LogP contribution in [0.4, 0.5) is 11.6 Å². The first-order chi connectivity index (χ1) is 8.19. The molecular formula is C12H18N4O. The van der Waals surface area contributed by atoms with Gasteiger partial charge in [0, 0.05) is 18.8 Å². The highest BCUT2D eigenvalue weighted by Crippen LogP contribution is 2.17. The Hall–Kier alpha value is -1.75. The highest BCUT2D eigenvalue weighted by atomic mass is 16.3. The van der Waals surface area contributed by atoms with Gasteiger partial charge in [0.25, 0.3) is 0 Å². The minimum Gasteiger partial charge on any atom is -0.399 e. The number of fused-ring (bicyclic) bond motifs is 1. The van der Waals surface area contributed by atoms with Gasteiger partial charge in [-0.1, -0.05) is 6.92 Å². The summed E-state index contributed by atoms with van der Waals surface area (Å²) in [5.74, 6) is 1.16. The first-order valence-electron chi connectivity index (χ1n) is 5.79. The van der Waals surface area contributed by atoms with Gasteiger partial charge in [0.2, 0.25) is 5.95 Å². The van der Waals surface area contributed by atoms with Crippen LogP contribution in [0.1, 0.15) is 13.3 Å². The van der Waals surface area contributed by atoms with Gasteiger partial charge in [-0.3, -0.25) is 0 Å². The molecule has 5 heteroatoms. The van der Waals surface area contributed by atoms with Crippen LogP contribution in [0.2, 0.25) is 0 Å². The van der Waals surface area contributed by atoms with Gasteiger partial charge >= 0.3 is 0 Å². The highest BCUT2D eigenvalue weighted by Gasteiger charge is 2.05. The number of aromatic nitrogens is 2. The summed E-state index contributed by atoms with van der Waals surface area (Å²) in [5, 5.41) is 12.0. The van der Waals surface area contributed by atoms with Crippen LogP contribution in [0.3, 0.4) is 0 Å². The number of nitrogen functional groups attached to an aromatic ring is 1. The van der Waals surface area contributed by atoms with E-state index >= 15 is 0 Å². The molecule has 1 atom stereocenters. The molecule has 0 saturated heterocycles. The third-order valence-corrected chi connectivity index (χ3v) is 2.75. The van der Waals surface area contributed by atoms with E-state index in [9.17, 15) is 0 Å². The minimum atomic E-state index is 0.222. The fourth-order valence-corrected chi connectivity index (χ4v) is 1.70. The number of hydrogen-bond donors (Lipinski definition) is 4. The maximum absolute atomic E-state index is 8.81. The Morgan fingerprint density at radius 2 is 2.35 bits per heavy atom. The van der Waals surface area contributed by atoms with Crippen LogP contribution in [0, 0.1) is 5.92 Å². The molecule has 1 unspecified atom stereocenters. The Morgan fingerprint density at radius 3 is 3.12 bits per heavy atom. The SMILES string of the molecule is CC(CCO)CNc1nc2ccc(N)cc2[nH]1. The molecule has 1 heterocycles. The zero-order chi connectivity index (χ0) is 12.3. The Balaban J connectivity index is 2.04. The van der Waals surface area contributed by atoms with Crippen molar-refractivity contribution in [1.29, 1.82) is 0 Å². The molecule has 0 aliphatic rings. The molecule has 2 rings (SSSR count). The van der Waals surface area contributed by atoms with E-state index in [2.05, 4.69) is 22.2 Å².